The van der Waals surface area contributed by atoms with E-state index < -0.39 is 6.04 Å². The number of benzene rings is 1. The number of carbonyl (C=O) groups is 2. The topological polar surface area (TPSA) is 61.4 Å². The number of nitrogens with one attached hydrogen (secondary N) is 2. The van der Waals surface area contributed by atoms with Gasteiger partial charge in [0.2, 0.25) is 5.91 Å². The molecule has 0 aliphatic carbocycles. The van der Waals surface area contributed by atoms with E-state index >= 15 is 0 Å². The van der Waals surface area contributed by atoms with Gasteiger partial charge in [0.15, 0.2) is 0 Å². The van der Waals surface area contributed by atoms with Crippen molar-refractivity contribution in [2.75, 3.05) is 26.2 Å². The van der Waals surface area contributed by atoms with Crippen molar-refractivity contribution in [1.82, 2.24) is 15.5 Å². The summed E-state index contributed by atoms with van der Waals surface area (Å²) in [6, 6.07) is 6.97. The molecule has 25 heavy (non-hydrogen) atoms. The van der Waals surface area contributed by atoms with Crippen LogP contribution in [0.4, 0.5) is 0 Å². The van der Waals surface area contributed by atoms with Crippen LogP contribution in [0.15, 0.2) is 24.3 Å². The second-order valence-electron chi connectivity index (χ2n) is 7.48. The maximum atomic E-state index is 12.9. The van der Waals surface area contributed by atoms with Crippen molar-refractivity contribution in [3.8, 4) is 0 Å². The molecule has 0 spiro atoms. The molecule has 1 aromatic rings. The molecule has 0 saturated carbocycles. The summed E-state index contributed by atoms with van der Waals surface area (Å²) in [5, 5.41) is 6.34. The lowest BCUT2D eigenvalue weighted by atomic mass is 10.0. The molecule has 2 saturated heterocycles. The van der Waals surface area contributed by atoms with Gasteiger partial charge in [0.1, 0.15) is 6.04 Å². The highest BCUT2D eigenvalue weighted by molar-refractivity contribution is 5.97. The van der Waals surface area contributed by atoms with Crippen LogP contribution in [-0.4, -0.2) is 48.9 Å². The molecule has 2 fully saturated rings. The van der Waals surface area contributed by atoms with Crippen LogP contribution in [0.3, 0.4) is 0 Å². The van der Waals surface area contributed by atoms with Crippen molar-refractivity contribution < 1.29 is 9.59 Å². The number of carbonyl (C=O) groups excluding carboxylic acids is 2. The normalized spacial score (nSPS) is 23.1. The van der Waals surface area contributed by atoms with E-state index in [1.807, 2.05) is 37.8 Å². The third-order valence-electron chi connectivity index (χ3n) is 5.23. The van der Waals surface area contributed by atoms with Crippen molar-refractivity contribution in [2.45, 2.75) is 26.8 Å². The first-order valence-corrected chi connectivity index (χ1v) is 8.82. The molecule has 2 aliphatic rings. The van der Waals surface area contributed by atoms with E-state index in [-0.39, 0.29) is 30.1 Å². The Bertz CT molecular complexity index is 606. The number of fused-ring (bicyclic) bond motifs is 1. The Kier molecular flexibility index (Phi) is 6.47. The molecule has 6 heteroatoms. The number of halogens is 1. The van der Waals surface area contributed by atoms with E-state index in [1.54, 1.807) is 12.1 Å². The highest BCUT2D eigenvalue weighted by atomic mass is 35.5. The first-order chi connectivity index (χ1) is 11.5. The SMILES string of the molecule is Cc1ccc(C(=O)NC(C(=O)N2C[C@H]3CNC[C@H]3C2)C(C)C)cc1.Cl. The van der Waals surface area contributed by atoms with Crippen molar-refractivity contribution in [3.05, 3.63) is 35.4 Å². The molecule has 5 nitrogen and oxygen atoms in total. The second-order valence-corrected chi connectivity index (χ2v) is 7.48. The number of hydrogen-bond acceptors (Lipinski definition) is 3. The van der Waals surface area contributed by atoms with E-state index in [4.69, 9.17) is 0 Å². The summed E-state index contributed by atoms with van der Waals surface area (Å²) in [4.78, 5) is 27.4. The zero-order chi connectivity index (χ0) is 17.3. The van der Waals surface area contributed by atoms with Crippen LogP contribution >= 0.6 is 12.4 Å². The largest absolute Gasteiger partial charge is 0.340 e. The lowest BCUT2D eigenvalue weighted by molar-refractivity contribution is -0.133. The molecule has 138 valence electrons. The molecule has 0 bridgehead atoms. The zero-order valence-electron chi connectivity index (χ0n) is 15.1. The Labute approximate surface area is 155 Å². The molecule has 2 heterocycles. The van der Waals surface area contributed by atoms with Gasteiger partial charge in [0.05, 0.1) is 0 Å². The van der Waals surface area contributed by atoms with Crippen LogP contribution < -0.4 is 10.6 Å². The van der Waals surface area contributed by atoms with Gasteiger partial charge in [-0.05, 0) is 36.8 Å². The van der Waals surface area contributed by atoms with Crippen LogP contribution in [-0.2, 0) is 4.79 Å². The van der Waals surface area contributed by atoms with Gasteiger partial charge in [-0.3, -0.25) is 9.59 Å². The number of likely N-dealkylation sites (tertiary alicyclic amines) is 1. The third-order valence-corrected chi connectivity index (χ3v) is 5.23. The van der Waals surface area contributed by atoms with Crippen molar-refractivity contribution in [3.63, 3.8) is 0 Å². The average Bonchev–Trinajstić information content (AvgIpc) is 3.13. The maximum absolute atomic E-state index is 12.9. The van der Waals surface area contributed by atoms with Gasteiger partial charge in [0, 0.05) is 31.7 Å². The molecule has 0 radical (unpaired) electrons. The van der Waals surface area contributed by atoms with E-state index in [9.17, 15) is 9.59 Å². The van der Waals surface area contributed by atoms with Gasteiger partial charge in [0.25, 0.3) is 5.91 Å². The van der Waals surface area contributed by atoms with Crippen LogP contribution in [0.25, 0.3) is 0 Å². The lowest BCUT2D eigenvalue weighted by Gasteiger charge is -2.27. The van der Waals surface area contributed by atoms with Crippen molar-refractivity contribution in [1.29, 1.82) is 0 Å². The predicted molar refractivity (Wildman–Crippen MR) is 101 cm³/mol. The number of aryl methyl sites for hydroxylation is 1. The highest BCUT2D eigenvalue weighted by Gasteiger charge is 2.40. The summed E-state index contributed by atoms with van der Waals surface area (Å²) in [5.74, 6) is 1.07. The maximum Gasteiger partial charge on any atom is 0.251 e. The molecule has 1 aromatic carbocycles. The van der Waals surface area contributed by atoms with Gasteiger partial charge < -0.3 is 15.5 Å². The summed E-state index contributed by atoms with van der Waals surface area (Å²) in [6.07, 6.45) is 0. The summed E-state index contributed by atoms with van der Waals surface area (Å²) in [7, 11) is 0. The van der Waals surface area contributed by atoms with Crippen molar-refractivity contribution in [2.24, 2.45) is 17.8 Å². The fourth-order valence-electron chi connectivity index (χ4n) is 3.68. The van der Waals surface area contributed by atoms with E-state index in [2.05, 4.69) is 10.6 Å². The fraction of sp³-hybridized carbons (Fsp3) is 0.579. The van der Waals surface area contributed by atoms with Crippen LogP contribution in [0.5, 0.6) is 0 Å². The zero-order valence-corrected chi connectivity index (χ0v) is 15.9. The van der Waals surface area contributed by atoms with Crippen LogP contribution in [0.1, 0.15) is 29.8 Å². The van der Waals surface area contributed by atoms with Gasteiger partial charge in [-0.15, -0.1) is 12.4 Å². The van der Waals surface area contributed by atoms with Crippen LogP contribution in [0, 0.1) is 24.7 Å². The monoisotopic (exact) mass is 365 g/mol. The van der Waals surface area contributed by atoms with E-state index in [0.29, 0.717) is 17.4 Å². The van der Waals surface area contributed by atoms with Gasteiger partial charge in [-0.25, -0.2) is 0 Å². The number of hydrogen-bond donors (Lipinski definition) is 2. The van der Waals surface area contributed by atoms with Gasteiger partial charge in [-0.1, -0.05) is 31.5 Å². The number of nitrogens with zero attached hydrogens (tertiary/aromatic N) is 1. The minimum absolute atomic E-state index is 0. The quantitative estimate of drug-likeness (QED) is 0.856. The summed E-state index contributed by atoms with van der Waals surface area (Å²) in [6.45, 7) is 9.56. The Morgan fingerprint density at radius 2 is 1.68 bits per heavy atom. The summed E-state index contributed by atoms with van der Waals surface area (Å²) in [5.41, 5.74) is 1.71. The molecule has 0 aromatic heterocycles. The molecule has 3 rings (SSSR count). The first-order valence-electron chi connectivity index (χ1n) is 8.82. The van der Waals surface area contributed by atoms with Gasteiger partial charge in [-0.2, -0.15) is 0 Å². The molecular weight excluding hydrogens is 338 g/mol. The molecule has 1 unspecified atom stereocenters. The lowest BCUT2D eigenvalue weighted by Crippen LogP contribution is -2.51. The van der Waals surface area contributed by atoms with Gasteiger partial charge >= 0.3 is 0 Å². The standard InChI is InChI=1S/C19H27N3O2.ClH/c1-12(2)17(21-18(23)14-6-4-13(3)5-7-14)19(24)22-10-15-8-20-9-16(15)11-22;/h4-7,12,15-17,20H,8-11H2,1-3H3,(H,21,23);1H/t15-,16+,17?;. The van der Waals surface area contributed by atoms with Crippen LogP contribution in [0.2, 0.25) is 0 Å². The molecule has 3 atom stereocenters. The number of rotatable bonds is 4. The Morgan fingerprint density at radius 1 is 1.12 bits per heavy atom. The van der Waals surface area contributed by atoms with E-state index in [1.165, 1.54) is 0 Å². The van der Waals surface area contributed by atoms with E-state index in [0.717, 1.165) is 31.7 Å². The van der Waals surface area contributed by atoms with Crippen molar-refractivity contribution >= 4 is 24.2 Å². The minimum atomic E-state index is -0.467. The summed E-state index contributed by atoms with van der Waals surface area (Å²) < 4.78 is 0. The second kappa shape index (κ2) is 8.19. The summed E-state index contributed by atoms with van der Waals surface area (Å²) >= 11 is 0. The predicted octanol–water partition coefficient (Wildman–Crippen LogP) is 1.85. The smallest absolute Gasteiger partial charge is 0.251 e. The molecular formula is C19H28ClN3O2. The third kappa shape index (κ3) is 4.33. The Balaban J connectivity index is 0.00000225. The Morgan fingerprint density at radius 3 is 2.20 bits per heavy atom. The molecule has 2 N–H and O–H groups in total. The fourth-order valence-corrected chi connectivity index (χ4v) is 3.68. The minimum Gasteiger partial charge on any atom is -0.340 e. The highest BCUT2D eigenvalue weighted by Crippen LogP contribution is 2.27. The molecule has 2 aliphatic heterocycles. The Hall–Kier alpha value is -1.59. The number of amides is 2. The molecule has 2 amide bonds. The first kappa shape index (κ1) is 19.7. The average molecular weight is 366 g/mol.